The summed E-state index contributed by atoms with van der Waals surface area (Å²) in [5.41, 5.74) is 7.74. The van der Waals surface area contributed by atoms with E-state index in [1.165, 1.54) is 32.1 Å². The quantitative estimate of drug-likeness (QED) is 0.729. The van der Waals surface area contributed by atoms with E-state index in [1.807, 2.05) is 18.2 Å². The van der Waals surface area contributed by atoms with Crippen molar-refractivity contribution in [3.05, 3.63) is 18.2 Å². The van der Waals surface area contributed by atoms with Gasteiger partial charge < -0.3 is 15.8 Å². The van der Waals surface area contributed by atoms with Crippen molar-refractivity contribution in [2.75, 3.05) is 24.2 Å². The first-order valence-corrected chi connectivity index (χ1v) is 7.55. The van der Waals surface area contributed by atoms with Crippen LogP contribution in [-0.4, -0.2) is 13.2 Å². The number of hydrogen-bond donors (Lipinski definition) is 2. The van der Waals surface area contributed by atoms with Gasteiger partial charge in [0.1, 0.15) is 5.75 Å². The van der Waals surface area contributed by atoms with Gasteiger partial charge in [-0.2, -0.15) is 0 Å². The predicted molar refractivity (Wildman–Crippen MR) is 81.7 cm³/mol. The molecule has 0 aromatic heterocycles. The van der Waals surface area contributed by atoms with E-state index in [0.717, 1.165) is 42.6 Å². The third kappa shape index (κ3) is 4.66. The lowest BCUT2D eigenvalue weighted by Crippen LogP contribution is -2.07. The van der Waals surface area contributed by atoms with Gasteiger partial charge in [0, 0.05) is 30.1 Å². The Morgan fingerprint density at radius 2 is 2.05 bits per heavy atom. The van der Waals surface area contributed by atoms with Crippen LogP contribution in [0.1, 0.15) is 45.4 Å². The molecular formula is C16H26N2O. The summed E-state index contributed by atoms with van der Waals surface area (Å²) in [4.78, 5) is 0. The van der Waals surface area contributed by atoms with Gasteiger partial charge in [-0.1, -0.05) is 32.6 Å². The number of hydrogen-bond acceptors (Lipinski definition) is 3. The van der Waals surface area contributed by atoms with Crippen molar-refractivity contribution < 1.29 is 4.74 Å². The summed E-state index contributed by atoms with van der Waals surface area (Å²) < 4.78 is 5.64. The zero-order valence-electron chi connectivity index (χ0n) is 12.0. The molecule has 3 nitrogen and oxygen atoms in total. The number of ether oxygens (including phenoxy) is 1. The zero-order valence-corrected chi connectivity index (χ0v) is 12.0. The Kier molecular flexibility index (Phi) is 5.37. The number of nitrogens with two attached hydrogens (primary N) is 1. The van der Waals surface area contributed by atoms with E-state index in [2.05, 4.69) is 12.2 Å². The van der Waals surface area contributed by atoms with Crippen LogP contribution in [0.5, 0.6) is 5.75 Å². The molecule has 0 heterocycles. The van der Waals surface area contributed by atoms with Gasteiger partial charge in [-0.05, 0) is 24.8 Å². The summed E-state index contributed by atoms with van der Waals surface area (Å²) in [6, 6.07) is 5.91. The molecule has 106 valence electrons. The van der Waals surface area contributed by atoms with Crippen molar-refractivity contribution in [3.8, 4) is 5.75 Å². The average Bonchev–Trinajstić information content (AvgIpc) is 2.89. The highest BCUT2D eigenvalue weighted by Crippen LogP contribution is 2.28. The van der Waals surface area contributed by atoms with Gasteiger partial charge in [-0.15, -0.1) is 0 Å². The molecule has 0 bridgehead atoms. The highest BCUT2D eigenvalue weighted by Gasteiger charge is 2.14. The van der Waals surface area contributed by atoms with Gasteiger partial charge in [-0.3, -0.25) is 0 Å². The summed E-state index contributed by atoms with van der Waals surface area (Å²) >= 11 is 0. The van der Waals surface area contributed by atoms with Crippen LogP contribution in [0, 0.1) is 5.92 Å². The SMILES string of the molecule is CCCOc1cc(N)cc(NCCC2CCCC2)c1. The van der Waals surface area contributed by atoms with Crippen molar-refractivity contribution in [1.29, 1.82) is 0 Å². The first-order valence-electron chi connectivity index (χ1n) is 7.55. The van der Waals surface area contributed by atoms with E-state index >= 15 is 0 Å². The number of anilines is 2. The lowest BCUT2D eigenvalue weighted by Gasteiger charge is -2.13. The van der Waals surface area contributed by atoms with E-state index in [4.69, 9.17) is 10.5 Å². The maximum Gasteiger partial charge on any atom is 0.123 e. The lowest BCUT2D eigenvalue weighted by atomic mass is 10.0. The molecule has 0 radical (unpaired) electrons. The fourth-order valence-corrected chi connectivity index (χ4v) is 2.75. The summed E-state index contributed by atoms with van der Waals surface area (Å²) in [6.45, 7) is 3.87. The fourth-order valence-electron chi connectivity index (χ4n) is 2.75. The molecule has 1 fully saturated rings. The molecule has 1 aliphatic rings. The fraction of sp³-hybridized carbons (Fsp3) is 0.625. The molecular weight excluding hydrogens is 236 g/mol. The average molecular weight is 262 g/mol. The summed E-state index contributed by atoms with van der Waals surface area (Å²) in [5.74, 6) is 1.79. The normalized spacial score (nSPS) is 15.6. The molecule has 0 spiro atoms. The van der Waals surface area contributed by atoms with Crippen molar-refractivity contribution in [3.63, 3.8) is 0 Å². The standard InChI is InChI=1S/C16H26N2O/c1-2-9-19-16-11-14(17)10-15(12-16)18-8-7-13-5-3-4-6-13/h10-13,18H,2-9,17H2,1H3. The Morgan fingerprint density at radius 1 is 1.26 bits per heavy atom. The van der Waals surface area contributed by atoms with Crippen molar-refractivity contribution in [1.82, 2.24) is 0 Å². The van der Waals surface area contributed by atoms with Gasteiger partial charge in [0.05, 0.1) is 6.61 Å². The van der Waals surface area contributed by atoms with E-state index in [0.29, 0.717) is 0 Å². The number of rotatable bonds is 7. The van der Waals surface area contributed by atoms with E-state index in [1.54, 1.807) is 0 Å². The highest BCUT2D eigenvalue weighted by molar-refractivity contribution is 5.59. The molecule has 1 saturated carbocycles. The molecule has 2 rings (SSSR count). The lowest BCUT2D eigenvalue weighted by molar-refractivity contribution is 0.318. The van der Waals surface area contributed by atoms with Gasteiger partial charge in [-0.25, -0.2) is 0 Å². The summed E-state index contributed by atoms with van der Waals surface area (Å²) in [6.07, 6.45) is 7.92. The Morgan fingerprint density at radius 3 is 2.79 bits per heavy atom. The largest absolute Gasteiger partial charge is 0.493 e. The smallest absolute Gasteiger partial charge is 0.123 e. The Labute approximate surface area is 116 Å². The second-order valence-electron chi connectivity index (χ2n) is 5.51. The molecule has 1 aromatic rings. The molecule has 0 aliphatic heterocycles. The second kappa shape index (κ2) is 7.27. The minimum absolute atomic E-state index is 0.741. The van der Waals surface area contributed by atoms with Crippen molar-refractivity contribution >= 4 is 11.4 Å². The maximum atomic E-state index is 5.91. The minimum atomic E-state index is 0.741. The molecule has 0 saturated heterocycles. The molecule has 1 aromatic carbocycles. The van der Waals surface area contributed by atoms with Crippen LogP contribution < -0.4 is 15.8 Å². The summed E-state index contributed by atoms with van der Waals surface area (Å²) in [5, 5.41) is 3.47. The van der Waals surface area contributed by atoms with E-state index in [9.17, 15) is 0 Å². The summed E-state index contributed by atoms with van der Waals surface area (Å²) in [7, 11) is 0. The Bertz CT molecular complexity index is 386. The number of nitrogen functional groups attached to an aromatic ring is 1. The van der Waals surface area contributed by atoms with Gasteiger partial charge in [0.25, 0.3) is 0 Å². The molecule has 1 aliphatic carbocycles. The first-order chi connectivity index (χ1) is 9.28. The van der Waals surface area contributed by atoms with Crippen LogP contribution in [0.25, 0.3) is 0 Å². The molecule has 19 heavy (non-hydrogen) atoms. The van der Waals surface area contributed by atoms with Gasteiger partial charge in [0.15, 0.2) is 0 Å². The molecule has 3 heteroatoms. The van der Waals surface area contributed by atoms with Gasteiger partial charge >= 0.3 is 0 Å². The number of nitrogens with one attached hydrogen (secondary N) is 1. The van der Waals surface area contributed by atoms with Gasteiger partial charge in [0.2, 0.25) is 0 Å². The van der Waals surface area contributed by atoms with E-state index < -0.39 is 0 Å². The van der Waals surface area contributed by atoms with Crippen molar-refractivity contribution in [2.45, 2.75) is 45.4 Å². The third-order valence-electron chi connectivity index (χ3n) is 3.76. The van der Waals surface area contributed by atoms with Crippen LogP contribution in [-0.2, 0) is 0 Å². The molecule has 0 unspecified atom stereocenters. The molecule has 0 atom stereocenters. The highest BCUT2D eigenvalue weighted by atomic mass is 16.5. The van der Waals surface area contributed by atoms with Crippen molar-refractivity contribution in [2.24, 2.45) is 5.92 Å². The van der Waals surface area contributed by atoms with Crippen LogP contribution in [0.3, 0.4) is 0 Å². The van der Waals surface area contributed by atoms with Crippen LogP contribution >= 0.6 is 0 Å². The maximum absolute atomic E-state index is 5.91. The first kappa shape index (κ1) is 14.0. The monoisotopic (exact) mass is 262 g/mol. The topological polar surface area (TPSA) is 47.3 Å². The third-order valence-corrected chi connectivity index (χ3v) is 3.76. The Hall–Kier alpha value is -1.38. The van der Waals surface area contributed by atoms with Crippen LogP contribution in [0.15, 0.2) is 18.2 Å². The zero-order chi connectivity index (χ0) is 13.5. The van der Waals surface area contributed by atoms with Crippen LogP contribution in [0.2, 0.25) is 0 Å². The van der Waals surface area contributed by atoms with Crippen LogP contribution in [0.4, 0.5) is 11.4 Å². The van der Waals surface area contributed by atoms with E-state index in [-0.39, 0.29) is 0 Å². The molecule has 0 amide bonds. The minimum Gasteiger partial charge on any atom is -0.493 e. The second-order valence-corrected chi connectivity index (χ2v) is 5.51. The number of benzene rings is 1. The molecule has 3 N–H and O–H groups in total. The predicted octanol–water partition coefficient (Wildman–Crippen LogP) is 4.05. The Balaban J connectivity index is 1.82.